The molecule has 0 aromatic carbocycles. The SMILES string of the molecule is NCC(=O)NCC(=O)N1C2CCC1C(C(=O)O)C2. The Morgan fingerprint density at radius 2 is 2.06 bits per heavy atom. The number of nitrogens with one attached hydrogen (secondary N) is 1. The monoisotopic (exact) mass is 255 g/mol. The van der Waals surface area contributed by atoms with Gasteiger partial charge in [-0.1, -0.05) is 0 Å². The number of carboxylic acid groups (broad SMARTS) is 1. The van der Waals surface area contributed by atoms with Crippen LogP contribution in [0.25, 0.3) is 0 Å². The summed E-state index contributed by atoms with van der Waals surface area (Å²) in [5, 5.41) is 11.5. The molecule has 0 saturated carbocycles. The van der Waals surface area contributed by atoms with Gasteiger partial charge in [-0.05, 0) is 19.3 Å². The maximum Gasteiger partial charge on any atom is 0.308 e. The van der Waals surface area contributed by atoms with Crippen LogP contribution in [0.5, 0.6) is 0 Å². The molecule has 0 spiro atoms. The molecule has 3 unspecified atom stereocenters. The number of hydrogen-bond donors (Lipinski definition) is 3. The Kier molecular flexibility index (Phi) is 3.51. The molecule has 7 heteroatoms. The van der Waals surface area contributed by atoms with E-state index in [0.717, 1.165) is 12.8 Å². The third-order valence-electron chi connectivity index (χ3n) is 3.76. The van der Waals surface area contributed by atoms with Gasteiger partial charge in [-0.15, -0.1) is 0 Å². The number of hydrogen-bond acceptors (Lipinski definition) is 4. The Bertz CT molecular complexity index is 384. The number of fused-ring (bicyclic) bond motifs is 2. The van der Waals surface area contributed by atoms with Gasteiger partial charge in [0.05, 0.1) is 19.0 Å². The third kappa shape index (κ3) is 2.17. The molecule has 2 rings (SSSR count). The first-order valence-electron chi connectivity index (χ1n) is 6.05. The molecule has 2 heterocycles. The molecule has 2 bridgehead atoms. The number of amides is 2. The average Bonchev–Trinajstić information content (AvgIpc) is 2.92. The number of carbonyl (C=O) groups excluding carboxylic acids is 2. The number of carbonyl (C=O) groups is 3. The van der Waals surface area contributed by atoms with Gasteiger partial charge in [0.2, 0.25) is 11.8 Å². The molecule has 2 fully saturated rings. The first kappa shape index (κ1) is 12.8. The minimum atomic E-state index is -0.842. The molecule has 2 amide bonds. The van der Waals surface area contributed by atoms with Gasteiger partial charge >= 0.3 is 5.97 Å². The number of nitrogens with zero attached hydrogens (tertiary/aromatic N) is 1. The van der Waals surface area contributed by atoms with Gasteiger partial charge in [0.25, 0.3) is 0 Å². The second-order valence-corrected chi connectivity index (χ2v) is 4.76. The Hall–Kier alpha value is -1.63. The highest BCUT2D eigenvalue weighted by molar-refractivity contribution is 5.87. The van der Waals surface area contributed by atoms with Gasteiger partial charge in [0, 0.05) is 12.1 Å². The molecule has 7 nitrogen and oxygen atoms in total. The van der Waals surface area contributed by atoms with Crippen LogP contribution in [0.4, 0.5) is 0 Å². The van der Waals surface area contributed by atoms with Crippen molar-refractivity contribution in [2.45, 2.75) is 31.3 Å². The lowest BCUT2D eigenvalue weighted by atomic mass is 9.89. The fourth-order valence-electron chi connectivity index (χ4n) is 2.98. The van der Waals surface area contributed by atoms with Crippen LogP contribution in [0.15, 0.2) is 0 Å². The van der Waals surface area contributed by atoms with Crippen molar-refractivity contribution >= 4 is 17.8 Å². The quantitative estimate of drug-likeness (QED) is 0.567. The Balaban J connectivity index is 1.95. The number of carboxylic acids is 1. The highest BCUT2D eigenvalue weighted by atomic mass is 16.4. The molecule has 4 N–H and O–H groups in total. The lowest BCUT2D eigenvalue weighted by Gasteiger charge is -2.23. The minimum Gasteiger partial charge on any atom is -0.481 e. The van der Waals surface area contributed by atoms with Gasteiger partial charge in [-0.25, -0.2) is 0 Å². The van der Waals surface area contributed by atoms with Gasteiger partial charge in [0.15, 0.2) is 0 Å². The van der Waals surface area contributed by atoms with E-state index in [9.17, 15) is 14.4 Å². The average molecular weight is 255 g/mol. The van der Waals surface area contributed by atoms with E-state index in [4.69, 9.17) is 10.8 Å². The van der Waals surface area contributed by atoms with E-state index >= 15 is 0 Å². The van der Waals surface area contributed by atoms with Crippen molar-refractivity contribution in [3.8, 4) is 0 Å². The molecule has 0 radical (unpaired) electrons. The minimum absolute atomic E-state index is 0.0124. The van der Waals surface area contributed by atoms with Crippen LogP contribution >= 0.6 is 0 Å². The summed E-state index contributed by atoms with van der Waals surface area (Å²) in [5.41, 5.74) is 5.13. The normalized spacial score (nSPS) is 29.4. The van der Waals surface area contributed by atoms with E-state index < -0.39 is 11.9 Å². The first-order valence-corrected chi connectivity index (χ1v) is 6.05. The van der Waals surface area contributed by atoms with Gasteiger partial charge in [-0.2, -0.15) is 0 Å². The summed E-state index contributed by atoms with van der Waals surface area (Å²) in [6.45, 7) is -0.257. The zero-order valence-corrected chi connectivity index (χ0v) is 9.96. The van der Waals surface area contributed by atoms with E-state index in [1.807, 2.05) is 0 Å². The van der Waals surface area contributed by atoms with E-state index in [2.05, 4.69) is 5.32 Å². The molecular formula is C11H17N3O4. The molecule has 0 aromatic heterocycles. The summed E-state index contributed by atoms with van der Waals surface area (Å²) in [6, 6.07) is -0.201. The molecule has 100 valence electrons. The highest BCUT2D eigenvalue weighted by Crippen LogP contribution is 2.41. The van der Waals surface area contributed by atoms with Crippen LogP contribution in [0.1, 0.15) is 19.3 Å². The summed E-state index contributed by atoms with van der Waals surface area (Å²) < 4.78 is 0. The maximum atomic E-state index is 12.0. The van der Waals surface area contributed by atoms with Crippen molar-refractivity contribution in [3.05, 3.63) is 0 Å². The predicted octanol–water partition coefficient (Wildman–Crippen LogP) is -1.47. The first-order chi connectivity index (χ1) is 8.54. The Labute approximate surface area is 104 Å². The zero-order valence-electron chi connectivity index (χ0n) is 9.96. The Morgan fingerprint density at radius 3 is 2.61 bits per heavy atom. The van der Waals surface area contributed by atoms with Crippen molar-refractivity contribution in [1.82, 2.24) is 10.2 Å². The van der Waals surface area contributed by atoms with Crippen molar-refractivity contribution < 1.29 is 19.5 Å². The smallest absolute Gasteiger partial charge is 0.308 e. The third-order valence-corrected chi connectivity index (χ3v) is 3.76. The van der Waals surface area contributed by atoms with Crippen molar-refractivity contribution in [1.29, 1.82) is 0 Å². The Morgan fingerprint density at radius 1 is 1.33 bits per heavy atom. The number of aliphatic carboxylic acids is 1. The second kappa shape index (κ2) is 4.93. The molecule has 2 saturated heterocycles. The lowest BCUT2D eigenvalue weighted by molar-refractivity contribution is -0.143. The van der Waals surface area contributed by atoms with Gasteiger partial charge in [0.1, 0.15) is 0 Å². The predicted molar refractivity (Wildman–Crippen MR) is 61.5 cm³/mol. The molecule has 2 aliphatic heterocycles. The van der Waals surface area contributed by atoms with Crippen LogP contribution < -0.4 is 11.1 Å². The van der Waals surface area contributed by atoms with Crippen LogP contribution in [0.2, 0.25) is 0 Å². The standard InChI is InChI=1S/C11H17N3O4/c12-4-9(15)13-5-10(16)14-6-1-2-8(14)7(3-6)11(17)18/h6-8H,1-5,12H2,(H,13,15)(H,17,18). The molecule has 0 aliphatic carbocycles. The van der Waals surface area contributed by atoms with Crippen molar-refractivity contribution in [2.75, 3.05) is 13.1 Å². The molecule has 18 heavy (non-hydrogen) atoms. The molecular weight excluding hydrogens is 238 g/mol. The van der Waals surface area contributed by atoms with Crippen LogP contribution in [0.3, 0.4) is 0 Å². The van der Waals surface area contributed by atoms with E-state index in [1.165, 1.54) is 0 Å². The van der Waals surface area contributed by atoms with E-state index in [1.54, 1.807) is 4.90 Å². The summed E-state index contributed by atoms with van der Waals surface area (Å²) in [7, 11) is 0. The number of nitrogens with two attached hydrogens (primary N) is 1. The largest absolute Gasteiger partial charge is 0.481 e. The van der Waals surface area contributed by atoms with Crippen molar-refractivity contribution in [2.24, 2.45) is 11.7 Å². The maximum absolute atomic E-state index is 12.0. The highest BCUT2D eigenvalue weighted by Gasteiger charge is 2.51. The summed E-state index contributed by atoms with van der Waals surface area (Å²) >= 11 is 0. The van der Waals surface area contributed by atoms with Gasteiger partial charge < -0.3 is 21.1 Å². The fraction of sp³-hybridized carbons (Fsp3) is 0.727. The molecule has 0 aromatic rings. The number of rotatable bonds is 4. The van der Waals surface area contributed by atoms with E-state index in [0.29, 0.717) is 6.42 Å². The summed E-state index contributed by atoms with van der Waals surface area (Å²) in [5.74, 6) is -1.90. The zero-order chi connectivity index (χ0) is 13.3. The summed E-state index contributed by atoms with van der Waals surface area (Å²) in [4.78, 5) is 35.6. The topological polar surface area (TPSA) is 113 Å². The van der Waals surface area contributed by atoms with Crippen molar-refractivity contribution in [3.63, 3.8) is 0 Å². The molecule has 2 aliphatic rings. The van der Waals surface area contributed by atoms with Crippen LogP contribution in [-0.4, -0.2) is 53.0 Å². The van der Waals surface area contributed by atoms with Crippen LogP contribution in [-0.2, 0) is 14.4 Å². The van der Waals surface area contributed by atoms with Gasteiger partial charge in [-0.3, -0.25) is 14.4 Å². The second-order valence-electron chi connectivity index (χ2n) is 4.76. The molecule has 3 atom stereocenters. The fourth-order valence-corrected chi connectivity index (χ4v) is 2.98. The van der Waals surface area contributed by atoms with Crippen LogP contribution in [0, 0.1) is 5.92 Å². The summed E-state index contributed by atoms with van der Waals surface area (Å²) in [6.07, 6.45) is 2.11. The van der Waals surface area contributed by atoms with E-state index in [-0.39, 0.29) is 37.0 Å². The lowest BCUT2D eigenvalue weighted by Crippen LogP contribution is -2.45.